The number of ether oxygens (including phenoxy) is 2. The van der Waals surface area contributed by atoms with Crippen molar-refractivity contribution < 1.29 is 14.3 Å². The third kappa shape index (κ3) is 3.76. The van der Waals surface area contributed by atoms with Crippen molar-refractivity contribution in [3.63, 3.8) is 0 Å². The SMILES string of the molecule is CCOC(=O)c1c(-c2ccc(Oc3ccccc3C#N)cc2)c(C#N)c(CC)n1C. The van der Waals surface area contributed by atoms with Crippen LogP contribution < -0.4 is 4.74 Å². The van der Waals surface area contributed by atoms with Crippen molar-refractivity contribution in [2.45, 2.75) is 20.3 Å². The van der Waals surface area contributed by atoms with Gasteiger partial charge in [0, 0.05) is 18.3 Å². The van der Waals surface area contributed by atoms with E-state index in [0.29, 0.717) is 45.9 Å². The summed E-state index contributed by atoms with van der Waals surface area (Å²) in [6.45, 7) is 3.94. The van der Waals surface area contributed by atoms with Gasteiger partial charge in [-0.05, 0) is 43.2 Å². The molecule has 6 heteroatoms. The summed E-state index contributed by atoms with van der Waals surface area (Å²) in [5.74, 6) is 0.546. The molecule has 0 aliphatic carbocycles. The van der Waals surface area contributed by atoms with Gasteiger partial charge in [0.1, 0.15) is 29.3 Å². The number of rotatable bonds is 6. The van der Waals surface area contributed by atoms with Gasteiger partial charge in [0.25, 0.3) is 0 Å². The van der Waals surface area contributed by atoms with E-state index >= 15 is 0 Å². The maximum absolute atomic E-state index is 12.6. The van der Waals surface area contributed by atoms with Crippen LogP contribution in [-0.2, 0) is 18.2 Å². The quantitative estimate of drug-likeness (QED) is 0.546. The lowest BCUT2D eigenvalue weighted by Gasteiger charge is -2.10. The first-order chi connectivity index (χ1) is 14.5. The van der Waals surface area contributed by atoms with Crippen molar-refractivity contribution in [2.75, 3.05) is 6.61 Å². The van der Waals surface area contributed by atoms with Crippen molar-refractivity contribution in [3.05, 3.63) is 71.0 Å². The number of hydrogen-bond donors (Lipinski definition) is 0. The zero-order valence-electron chi connectivity index (χ0n) is 17.1. The Morgan fingerprint density at radius 3 is 2.33 bits per heavy atom. The van der Waals surface area contributed by atoms with Gasteiger partial charge >= 0.3 is 5.97 Å². The predicted molar refractivity (Wildman–Crippen MR) is 112 cm³/mol. The van der Waals surface area contributed by atoms with Crippen LogP contribution in [0.2, 0.25) is 0 Å². The first-order valence-corrected chi connectivity index (χ1v) is 9.61. The molecule has 0 N–H and O–H groups in total. The zero-order chi connectivity index (χ0) is 21.7. The molecule has 0 fully saturated rings. The fraction of sp³-hybridized carbons (Fsp3) is 0.208. The third-order valence-corrected chi connectivity index (χ3v) is 4.81. The lowest BCUT2D eigenvalue weighted by Crippen LogP contribution is -2.12. The van der Waals surface area contributed by atoms with E-state index in [2.05, 4.69) is 12.1 Å². The number of aromatic nitrogens is 1. The van der Waals surface area contributed by atoms with Crippen LogP contribution in [0.15, 0.2) is 48.5 Å². The van der Waals surface area contributed by atoms with Gasteiger partial charge in [0.05, 0.1) is 17.7 Å². The van der Waals surface area contributed by atoms with Crippen LogP contribution in [0.5, 0.6) is 11.5 Å². The van der Waals surface area contributed by atoms with Gasteiger partial charge in [-0.1, -0.05) is 31.2 Å². The molecule has 0 amide bonds. The largest absolute Gasteiger partial charge is 0.461 e. The molecule has 30 heavy (non-hydrogen) atoms. The van der Waals surface area contributed by atoms with Crippen LogP contribution in [-0.4, -0.2) is 17.1 Å². The standard InChI is InChI=1S/C24H21N3O3/c1-4-20-19(15-26)22(23(27(20)3)24(28)29-5-2)16-10-12-18(13-11-16)30-21-9-7-6-8-17(21)14-25/h6-13H,4-5H2,1-3H3. The second-order valence-electron chi connectivity index (χ2n) is 6.52. The number of esters is 1. The Balaban J connectivity index is 2.05. The van der Waals surface area contributed by atoms with Crippen LogP contribution in [0, 0.1) is 22.7 Å². The highest BCUT2D eigenvalue weighted by atomic mass is 16.5. The van der Waals surface area contributed by atoms with E-state index in [1.165, 1.54) is 0 Å². The van der Waals surface area contributed by atoms with E-state index in [1.54, 1.807) is 67.1 Å². The smallest absolute Gasteiger partial charge is 0.355 e. The van der Waals surface area contributed by atoms with Crippen LogP contribution in [0.25, 0.3) is 11.1 Å². The molecule has 0 atom stereocenters. The average Bonchev–Trinajstić information content (AvgIpc) is 3.06. The minimum absolute atomic E-state index is 0.248. The van der Waals surface area contributed by atoms with Crippen molar-refractivity contribution in [2.24, 2.45) is 7.05 Å². The molecule has 2 aromatic carbocycles. The Bertz CT molecular complexity index is 1160. The zero-order valence-corrected chi connectivity index (χ0v) is 17.1. The molecule has 1 aromatic heterocycles. The summed E-state index contributed by atoms with van der Waals surface area (Å²) in [5, 5.41) is 19.0. The maximum Gasteiger partial charge on any atom is 0.355 e. The lowest BCUT2D eigenvalue weighted by molar-refractivity contribution is 0.0516. The molecule has 0 saturated heterocycles. The van der Waals surface area contributed by atoms with Crippen LogP contribution in [0.3, 0.4) is 0 Å². The van der Waals surface area contributed by atoms with Gasteiger partial charge in [-0.2, -0.15) is 10.5 Å². The Kier molecular flexibility index (Phi) is 6.20. The van der Waals surface area contributed by atoms with Crippen LogP contribution in [0.4, 0.5) is 0 Å². The number of nitriles is 2. The topological polar surface area (TPSA) is 88.0 Å². The van der Waals surface area contributed by atoms with E-state index < -0.39 is 5.97 Å². The van der Waals surface area contributed by atoms with E-state index in [1.807, 2.05) is 6.92 Å². The fourth-order valence-corrected chi connectivity index (χ4v) is 3.45. The Hall–Kier alpha value is -4.03. The Labute approximate surface area is 175 Å². The highest BCUT2D eigenvalue weighted by Crippen LogP contribution is 2.35. The molecule has 0 aliphatic heterocycles. The Morgan fingerprint density at radius 1 is 1.03 bits per heavy atom. The van der Waals surface area contributed by atoms with Gasteiger partial charge in [-0.25, -0.2) is 4.79 Å². The molecular formula is C24H21N3O3. The molecule has 0 unspecified atom stereocenters. The van der Waals surface area contributed by atoms with Crippen LogP contribution in [0.1, 0.15) is 41.2 Å². The minimum Gasteiger partial charge on any atom is -0.461 e. The highest BCUT2D eigenvalue weighted by molar-refractivity contribution is 5.98. The summed E-state index contributed by atoms with van der Waals surface area (Å²) in [4.78, 5) is 12.6. The minimum atomic E-state index is -0.463. The molecule has 0 saturated carbocycles. The normalized spacial score (nSPS) is 10.2. The lowest BCUT2D eigenvalue weighted by atomic mass is 10.00. The maximum atomic E-state index is 12.6. The van der Waals surface area contributed by atoms with Gasteiger partial charge in [0.15, 0.2) is 0 Å². The highest BCUT2D eigenvalue weighted by Gasteiger charge is 2.26. The summed E-state index contributed by atoms with van der Waals surface area (Å²) in [7, 11) is 1.77. The second kappa shape index (κ2) is 8.98. The molecule has 3 aromatic rings. The molecule has 0 spiro atoms. The first kappa shape index (κ1) is 20.7. The predicted octanol–water partition coefficient (Wildman–Crippen LogP) is 4.97. The van der Waals surface area contributed by atoms with Crippen molar-refractivity contribution >= 4 is 5.97 Å². The number of carbonyl (C=O) groups is 1. The first-order valence-electron chi connectivity index (χ1n) is 9.61. The van der Waals surface area contributed by atoms with E-state index in [0.717, 1.165) is 5.69 Å². The van der Waals surface area contributed by atoms with Crippen molar-refractivity contribution in [1.29, 1.82) is 10.5 Å². The van der Waals surface area contributed by atoms with Crippen molar-refractivity contribution in [3.8, 4) is 34.8 Å². The molecule has 1 heterocycles. The summed E-state index contributed by atoms with van der Waals surface area (Å²) in [6.07, 6.45) is 0.609. The fourth-order valence-electron chi connectivity index (χ4n) is 3.45. The van der Waals surface area contributed by atoms with Gasteiger partial charge in [0.2, 0.25) is 0 Å². The molecular weight excluding hydrogens is 378 g/mol. The van der Waals surface area contributed by atoms with Crippen molar-refractivity contribution in [1.82, 2.24) is 4.57 Å². The number of nitrogens with zero attached hydrogens (tertiary/aromatic N) is 3. The summed E-state index contributed by atoms with van der Waals surface area (Å²) >= 11 is 0. The van der Waals surface area contributed by atoms with Gasteiger partial charge in [-0.3, -0.25) is 0 Å². The number of para-hydroxylation sites is 1. The van der Waals surface area contributed by atoms with E-state index in [9.17, 15) is 15.3 Å². The summed E-state index contributed by atoms with van der Waals surface area (Å²) in [5.41, 5.74) is 3.30. The molecule has 0 aliphatic rings. The molecule has 150 valence electrons. The van der Waals surface area contributed by atoms with Crippen LogP contribution >= 0.6 is 0 Å². The average molecular weight is 399 g/mol. The monoisotopic (exact) mass is 399 g/mol. The van der Waals surface area contributed by atoms with E-state index in [4.69, 9.17) is 9.47 Å². The number of hydrogen-bond acceptors (Lipinski definition) is 5. The molecule has 0 bridgehead atoms. The summed E-state index contributed by atoms with van der Waals surface area (Å²) in [6, 6.07) is 18.4. The van der Waals surface area contributed by atoms with Gasteiger partial charge in [-0.15, -0.1) is 0 Å². The molecule has 3 rings (SSSR count). The molecule has 0 radical (unpaired) electrons. The van der Waals surface area contributed by atoms with Gasteiger partial charge < -0.3 is 14.0 Å². The third-order valence-electron chi connectivity index (χ3n) is 4.81. The Morgan fingerprint density at radius 2 is 1.73 bits per heavy atom. The second-order valence-corrected chi connectivity index (χ2v) is 6.52. The number of carbonyl (C=O) groups excluding carboxylic acids is 1. The number of benzene rings is 2. The summed E-state index contributed by atoms with van der Waals surface area (Å²) < 4.78 is 12.8. The molecule has 6 nitrogen and oxygen atoms in total. The van der Waals surface area contributed by atoms with E-state index in [-0.39, 0.29) is 6.61 Å².